The minimum absolute atomic E-state index is 0. The lowest BCUT2D eigenvalue weighted by Crippen LogP contribution is -2.50. The first kappa shape index (κ1) is 17.9. The predicted molar refractivity (Wildman–Crippen MR) is 79.9 cm³/mol. The van der Waals surface area contributed by atoms with E-state index in [9.17, 15) is 18.0 Å². The minimum Gasteiger partial charge on any atom is -0.353 e. The molecule has 3 rings (SSSR count). The van der Waals surface area contributed by atoms with Gasteiger partial charge in [0.05, 0.1) is 5.92 Å². The second-order valence-electron chi connectivity index (χ2n) is 6.92. The molecular weight excluding hydrogens is 317 g/mol. The fourth-order valence-corrected chi connectivity index (χ4v) is 4.22. The highest BCUT2D eigenvalue weighted by atomic mass is 35.5. The Kier molecular flexibility index (Phi) is 5.64. The van der Waals surface area contributed by atoms with E-state index in [-0.39, 0.29) is 37.2 Å². The number of rotatable bonds is 2. The smallest absolute Gasteiger partial charge is 0.353 e. The van der Waals surface area contributed by atoms with Crippen molar-refractivity contribution in [2.24, 2.45) is 11.8 Å². The number of carbonyl (C=O) groups is 1. The molecule has 128 valence electrons. The van der Waals surface area contributed by atoms with Crippen LogP contribution in [0.1, 0.15) is 51.4 Å². The second-order valence-corrected chi connectivity index (χ2v) is 6.92. The van der Waals surface area contributed by atoms with Crippen LogP contribution in [0.3, 0.4) is 0 Å². The molecular formula is C15H24ClF3N2O. The molecule has 0 aromatic rings. The fraction of sp³-hybridized carbons (Fsp3) is 0.933. The maximum absolute atomic E-state index is 12.8. The van der Waals surface area contributed by atoms with E-state index in [2.05, 4.69) is 10.6 Å². The molecule has 2 bridgehead atoms. The summed E-state index contributed by atoms with van der Waals surface area (Å²) in [5, 5.41) is 6.52. The molecule has 1 aliphatic carbocycles. The molecule has 0 spiro atoms. The largest absolute Gasteiger partial charge is 0.391 e. The molecule has 22 heavy (non-hydrogen) atoms. The van der Waals surface area contributed by atoms with Crippen molar-refractivity contribution in [2.75, 3.05) is 0 Å². The molecule has 1 saturated carbocycles. The lowest BCUT2D eigenvalue weighted by atomic mass is 9.80. The van der Waals surface area contributed by atoms with Crippen LogP contribution in [0.15, 0.2) is 0 Å². The summed E-state index contributed by atoms with van der Waals surface area (Å²) >= 11 is 0. The van der Waals surface area contributed by atoms with Gasteiger partial charge in [-0.25, -0.2) is 0 Å². The van der Waals surface area contributed by atoms with Crippen LogP contribution in [0.2, 0.25) is 0 Å². The third-order valence-electron chi connectivity index (χ3n) is 5.33. The van der Waals surface area contributed by atoms with Gasteiger partial charge in [0.15, 0.2) is 0 Å². The average Bonchev–Trinajstić information content (AvgIpc) is 2.77. The normalized spacial score (nSPS) is 38.2. The molecule has 4 atom stereocenters. The van der Waals surface area contributed by atoms with Crippen molar-refractivity contribution in [1.29, 1.82) is 0 Å². The number of halogens is 4. The van der Waals surface area contributed by atoms with E-state index in [0.717, 1.165) is 25.7 Å². The highest BCUT2D eigenvalue weighted by Crippen LogP contribution is 2.40. The molecule has 2 saturated heterocycles. The van der Waals surface area contributed by atoms with Gasteiger partial charge in [-0.3, -0.25) is 4.79 Å². The van der Waals surface area contributed by atoms with Gasteiger partial charge < -0.3 is 10.6 Å². The molecule has 2 heterocycles. The number of hydrogen-bond acceptors (Lipinski definition) is 2. The van der Waals surface area contributed by atoms with Crippen LogP contribution in [0, 0.1) is 11.8 Å². The topological polar surface area (TPSA) is 41.1 Å². The zero-order valence-corrected chi connectivity index (χ0v) is 13.3. The third-order valence-corrected chi connectivity index (χ3v) is 5.33. The Bertz CT molecular complexity index is 393. The van der Waals surface area contributed by atoms with Gasteiger partial charge in [-0.1, -0.05) is 6.42 Å². The zero-order chi connectivity index (χ0) is 15.0. The number of nitrogens with one attached hydrogen (secondary N) is 2. The number of carbonyl (C=O) groups excluding carboxylic acids is 1. The van der Waals surface area contributed by atoms with E-state index in [4.69, 9.17) is 0 Å². The summed E-state index contributed by atoms with van der Waals surface area (Å²) in [7, 11) is 0. The van der Waals surface area contributed by atoms with Crippen LogP contribution >= 0.6 is 12.4 Å². The molecule has 7 heteroatoms. The lowest BCUT2D eigenvalue weighted by molar-refractivity contribution is -0.186. The Labute approximate surface area is 135 Å². The van der Waals surface area contributed by atoms with Gasteiger partial charge in [0.25, 0.3) is 0 Å². The summed E-state index contributed by atoms with van der Waals surface area (Å²) in [5.74, 6) is -1.92. The van der Waals surface area contributed by atoms with E-state index < -0.39 is 18.0 Å². The Morgan fingerprint density at radius 1 is 1.00 bits per heavy atom. The van der Waals surface area contributed by atoms with Crippen LogP contribution in [0.4, 0.5) is 13.2 Å². The number of hydrogen-bond donors (Lipinski definition) is 2. The molecule has 2 aliphatic heterocycles. The molecule has 0 radical (unpaired) electrons. The molecule has 0 aromatic heterocycles. The standard InChI is InChI=1S/C15H23F3N2O.ClH/c16-15(17,18)10-3-1-2-9(6-10)14(21)20-13-7-11-4-5-12(8-13)19-11;/h9-13,19H,1-8H2,(H,20,21);1H. The zero-order valence-electron chi connectivity index (χ0n) is 12.5. The summed E-state index contributed by atoms with van der Waals surface area (Å²) in [6.45, 7) is 0. The van der Waals surface area contributed by atoms with Gasteiger partial charge in [0.2, 0.25) is 5.91 Å². The SMILES string of the molecule is Cl.O=C(NC1CC2CCC(C1)N2)C1CCCC(C(F)(F)F)C1. The summed E-state index contributed by atoms with van der Waals surface area (Å²) < 4.78 is 38.4. The first-order valence-corrected chi connectivity index (χ1v) is 8.05. The van der Waals surface area contributed by atoms with Gasteiger partial charge in [-0.15, -0.1) is 12.4 Å². The van der Waals surface area contributed by atoms with Crippen molar-refractivity contribution < 1.29 is 18.0 Å². The van der Waals surface area contributed by atoms with E-state index in [1.165, 1.54) is 0 Å². The Morgan fingerprint density at radius 2 is 1.64 bits per heavy atom. The van der Waals surface area contributed by atoms with Gasteiger partial charge in [-0.2, -0.15) is 13.2 Å². The predicted octanol–water partition coefficient (Wildman–Crippen LogP) is 3.18. The van der Waals surface area contributed by atoms with Crippen LogP contribution in [0.25, 0.3) is 0 Å². The van der Waals surface area contributed by atoms with E-state index in [1.54, 1.807) is 0 Å². The van der Waals surface area contributed by atoms with Gasteiger partial charge in [0.1, 0.15) is 0 Å². The average molecular weight is 341 g/mol. The second kappa shape index (κ2) is 6.95. The van der Waals surface area contributed by atoms with Gasteiger partial charge in [-0.05, 0) is 44.9 Å². The highest BCUT2D eigenvalue weighted by Gasteiger charge is 2.44. The Hall–Kier alpha value is -0.490. The monoisotopic (exact) mass is 340 g/mol. The number of fused-ring (bicyclic) bond motifs is 2. The van der Waals surface area contributed by atoms with E-state index in [0.29, 0.717) is 24.9 Å². The number of alkyl halides is 3. The van der Waals surface area contributed by atoms with Crippen LogP contribution < -0.4 is 10.6 Å². The van der Waals surface area contributed by atoms with Crippen LogP contribution in [0.5, 0.6) is 0 Å². The van der Waals surface area contributed by atoms with Gasteiger partial charge >= 0.3 is 6.18 Å². The maximum atomic E-state index is 12.8. The first-order chi connectivity index (χ1) is 9.91. The Balaban J connectivity index is 0.00000176. The maximum Gasteiger partial charge on any atom is 0.391 e. The Morgan fingerprint density at radius 3 is 2.23 bits per heavy atom. The number of piperidine rings is 1. The van der Waals surface area contributed by atoms with Crippen molar-refractivity contribution in [3.63, 3.8) is 0 Å². The van der Waals surface area contributed by atoms with Crippen molar-refractivity contribution in [3.8, 4) is 0 Å². The van der Waals surface area contributed by atoms with E-state index >= 15 is 0 Å². The third kappa shape index (κ3) is 4.07. The van der Waals surface area contributed by atoms with Crippen molar-refractivity contribution in [2.45, 2.75) is 75.7 Å². The quantitative estimate of drug-likeness (QED) is 0.810. The summed E-state index contributed by atoms with van der Waals surface area (Å²) in [4.78, 5) is 12.3. The van der Waals surface area contributed by atoms with Crippen molar-refractivity contribution in [3.05, 3.63) is 0 Å². The lowest BCUT2D eigenvalue weighted by Gasteiger charge is -2.33. The molecule has 2 N–H and O–H groups in total. The van der Waals surface area contributed by atoms with E-state index in [1.807, 2.05) is 0 Å². The number of amides is 1. The highest BCUT2D eigenvalue weighted by molar-refractivity contribution is 5.85. The molecule has 0 aromatic carbocycles. The van der Waals surface area contributed by atoms with Crippen molar-refractivity contribution >= 4 is 18.3 Å². The molecule has 3 fully saturated rings. The summed E-state index contributed by atoms with van der Waals surface area (Å²) in [6, 6.07) is 1.09. The molecule has 1 amide bonds. The fourth-order valence-electron chi connectivity index (χ4n) is 4.22. The molecule has 3 nitrogen and oxygen atoms in total. The van der Waals surface area contributed by atoms with Crippen LogP contribution in [-0.2, 0) is 4.79 Å². The minimum atomic E-state index is -4.16. The molecule has 3 aliphatic rings. The summed E-state index contributed by atoms with van der Waals surface area (Å²) in [5.41, 5.74) is 0. The van der Waals surface area contributed by atoms with Gasteiger partial charge in [0, 0.05) is 24.0 Å². The van der Waals surface area contributed by atoms with Crippen molar-refractivity contribution in [1.82, 2.24) is 10.6 Å². The summed E-state index contributed by atoms with van der Waals surface area (Å²) in [6.07, 6.45) is 1.20. The first-order valence-electron chi connectivity index (χ1n) is 8.05. The molecule has 4 unspecified atom stereocenters. The van der Waals surface area contributed by atoms with Crippen LogP contribution in [-0.4, -0.2) is 30.2 Å².